The number of aromatic nitrogens is 1. The van der Waals surface area contributed by atoms with Gasteiger partial charge in [-0.05, 0) is 38.0 Å². The maximum atomic E-state index is 15.5. The molecule has 42 heavy (non-hydrogen) atoms. The van der Waals surface area contributed by atoms with Crippen LogP contribution in [-0.2, 0) is 19.2 Å². The molecule has 3 aliphatic heterocycles. The van der Waals surface area contributed by atoms with Gasteiger partial charge >= 0.3 is 11.9 Å². The highest BCUT2D eigenvalue weighted by Gasteiger charge is 2.61. The maximum Gasteiger partial charge on any atom is 0.338 e. The number of likely N-dealkylation sites (tertiary alicyclic amines) is 1. The molecule has 4 atom stereocenters. The molecule has 0 bridgehead atoms. The van der Waals surface area contributed by atoms with E-state index in [0.29, 0.717) is 10.6 Å². The molecule has 4 heterocycles. The minimum atomic E-state index is -3.35. The summed E-state index contributed by atoms with van der Waals surface area (Å²) in [5.74, 6) is -5.87. The zero-order valence-corrected chi connectivity index (χ0v) is 23.8. The number of halogens is 3. The van der Waals surface area contributed by atoms with Crippen LogP contribution in [0.3, 0.4) is 0 Å². The summed E-state index contributed by atoms with van der Waals surface area (Å²) < 4.78 is 50.9. The molecule has 1 aromatic carbocycles. The second-order valence-electron chi connectivity index (χ2n) is 10.5. The Bertz CT molecular complexity index is 1430. The lowest BCUT2D eigenvalue weighted by atomic mass is 9.92. The number of aliphatic hydroxyl groups is 1. The lowest BCUT2D eigenvalue weighted by Crippen LogP contribution is -2.53. The molecule has 5 rings (SSSR count). The smallest absolute Gasteiger partial charge is 0.338 e. The Labute approximate surface area is 243 Å². The number of nitrogens with one attached hydrogen (secondary N) is 1. The second-order valence-corrected chi connectivity index (χ2v) is 11.4. The number of fused-ring (bicyclic) bond motifs is 1. The quantitative estimate of drug-likeness (QED) is 0.363. The standard InChI is InChI=1S/C27H30F3N5O6S/c1-4-40-24(36)19-17(10-34-13-27(29,30)21-18(34)11-41-35(21)12-26(3,39)25(37)38)32-22(23-31-8-9-42-23)33-20(19)15-6-5-7-16(28)14(15)2/h5-9,18,20-21,39H,4,10-13H2,1-3H3,(H,32,33)(H,37,38)/t18-,20-,21+,26+/m0/s1. The highest BCUT2D eigenvalue weighted by molar-refractivity contribution is 7.11. The minimum Gasteiger partial charge on any atom is -0.479 e. The molecule has 0 spiro atoms. The molecule has 2 saturated heterocycles. The van der Waals surface area contributed by atoms with E-state index in [4.69, 9.17) is 14.6 Å². The van der Waals surface area contributed by atoms with Crippen molar-refractivity contribution in [2.45, 2.75) is 50.4 Å². The number of aliphatic carboxylic acids is 1. The van der Waals surface area contributed by atoms with Gasteiger partial charge in [0, 0.05) is 23.8 Å². The fourth-order valence-electron chi connectivity index (χ4n) is 5.47. The number of carbonyl (C=O) groups excluding carboxylic acids is 1. The Kier molecular flexibility index (Phi) is 8.15. The van der Waals surface area contributed by atoms with Gasteiger partial charge in [-0.3, -0.25) is 14.7 Å². The number of esters is 1. The Hall–Kier alpha value is -3.37. The van der Waals surface area contributed by atoms with Crippen LogP contribution in [0.1, 0.15) is 36.0 Å². The summed E-state index contributed by atoms with van der Waals surface area (Å²) in [5.41, 5.74) is -1.37. The van der Waals surface area contributed by atoms with E-state index in [2.05, 4.69) is 10.3 Å². The second kappa shape index (κ2) is 11.4. The molecule has 3 aliphatic rings. The van der Waals surface area contributed by atoms with Gasteiger partial charge in [0.15, 0.2) is 16.4 Å². The van der Waals surface area contributed by atoms with E-state index in [1.165, 1.54) is 28.4 Å². The Morgan fingerprint density at radius 2 is 2.12 bits per heavy atom. The molecule has 0 unspecified atom stereocenters. The summed E-state index contributed by atoms with van der Waals surface area (Å²) in [6.07, 6.45) is 1.57. The lowest BCUT2D eigenvalue weighted by molar-refractivity contribution is -0.210. The van der Waals surface area contributed by atoms with E-state index in [-0.39, 0.29) is 42.4 Å². The topological polar surface area (TPSA) is 137 Å². The number of aliphatic imine (C=N–C) groups is 1. The average Bonchev–Trinajstić information content (AvgIpc) is 3.65. The average molecular weight is 610 g/mol. The number of nitrogens with zero attached hydrogens (tertiary/aromatic N) is 4. The van der Waals surface area contributed by atoms with Gasteiger partial charge in [-0.25, -0.2) is 27.7 Å². The molecule has 11 nitrogen and oxygen atoms in total. The van der Waals surface area contributed by atoms with Crippen LogP contribution < -0.4 is 5.32 Å². The van der Waals surface area contributed by atoms with Crippen LogP contribution in [0.15, 0.2) is 46.0 Å². The first kappa shape index (κ1) is 30.1. The van der Waals surface area contributed by atoms with E-state index >= 15 is 8.78 Å². The zero-order chi connectivity index (χ0) is 30.4. The van der Waals surface area contributed by atoms with Crippen LogP contribution in [0.2, 0.25) is 0 Å². The number of hydroxylamine groups is 2. The predicted molar refractivity (Wildman–Crippen MR) is 144 cm³/mol. The van der Waals surface area contributed by atoms with Crippen molar-refractivity contribution in [2.75, 3.05) is 32.8 Å². The third-order valence-corrected chi connectivity index (χ3v) is 8.33. The van der Waals surface area contributed by atoms with Crippen molar-refractivity contribution in [2.24, 2.45) is 4.99 Å². The third kappa shape index (κ3) is 5.54. The van der Waals surface area contributed by atoms with Gasteiger partial charge in [-0.2, -0.15) is 5.06 Å². The number of hydrogen-bond acceptors (Lipinski definition) is 11. The van der Waals surface area contributed by atoms with Gasteiger partial charge < -0.3 is 20.3 Å². The van der Waals surface area contributed by atoms with Crippen molar-refractivity contribution in [1.29, 1.82) is 0 Å². The Morgan fingerprint density at radius 1 is 1.36 bits per heavy atom. The Balaban J connectivity index is 1.55. The SMILES string of the molecule is CCOC(=O)C1=C(CN2CC(F)(F)[C@H]3[C@@H]2CON3C[C@@](C)(O)C(=O)O)NC(c2nccs2)=N[C@H]1c1cccc(F)c1C. The minimum absolute atomic E-state index is 0.0340. The number of carboxylic acids is 1. The number of hydrogen-bond donors (Lipinski definition) is 3. The monoisotopic (exact) mass is 609 g/mol. The molecule has 1 aromatic heterocycles. The summed E-state index contributed by atoms with van der Waals surface area (Å²) in [6.45, 7) is 2.44. The van der Waals surface area contributed by atoms with Crippen molar-refractivity contribution in [3.63, 3.8) is 0 Å². The lowest BCUT2D eigenvalue weighted by Gasteiger charge is -2.31. The fourth-order valence-corrected chi connectivity index (χ4v) is 6.06. The van der Waals surface area contributed by atoms with E-state index in [1.54, 1.807) is 31.5 Å². The Morgan fingerprint density at radius 3 is 2.79 bits per heavy atom. The van der Waals surface area contributed by atoms with E-state index in [1.807, 2.05) is 0 Å². The number of alkyl halides is 2. The number of benzene rings is 1. The molecule has 15 heteroatoms. The van der Waals surface area contributed by atoms with Crippen LogP contribution in [0.4, 0.5) is 13.2 Å². The van der Waals surface area contributed by atoms with Crippen molar-refractivity contribution < 1.29 is 42.5 Å². The summed E-state index contributed by atoms with van der Waals surface area (Å²) in [4.78, 5) is 40.7. The number of rotatable bonds is 9. The summed E-state index contributed by atoms with van der Waals surface area (Å²) >= 11 is 1.27. The van der Waals surface area contributed by atoms with Crippen LogP contribution in [0.25, 0.3) is 0 Å². The number of thiazole rings is 1. The van der Waals surface area contributed by atoms with Gasteiger partial charge in [-0.15, -0.1) is 11.3 Å². The highest BCUT2D eigenvalue weighted by atomic mass is 32.1. The van der Waals surface area contributed by atoms with Crippen LogP contribution in [-0.4, -0.2) is 99.4 Å². The van der Waals surface area contributed by atoms with Gasteiger partial charge in [0.05, 0.1) is 37.9 Å². The number of ether oxygens (including phenoxy) is 1. The van der Waals surface area contributed by atoms with Crippen molar-refractivity contribution in [3.05, 3.63) is 63.0 Å². The number of carboxylic acid groups (broad SMARTS) is 1. The van der Waals surface area contributed by atoms with Gasteiger partial charge in [-0.1, -0.05) is 12.1 Å². The first-order valence-electron chi connectivity index (χ1n) is 13.2. The van der Waals surface area contributed by atoms with Crippen molar-refractivity contribution >= 4 is 29.1 Å². The predicted octanol–water partition coefficient (Wildman–Crippen LogP) is 2.27. The molecule has 2 aromatic rings. The first-order chi connectivity index (χ1) is 19.8. The third-order valence-electron chi connectivity index (χ3n) is 7.55. The van der Waals surface area contributed by atoms with E-state index in [9.17, 15) is 24.2 Å². The molecule has 3 N–H and O–H groups in total. The largest absolute Gasteiger partial charge is 0.479 e. The van der Waals surface area contributed by atoms with Gasteiger partial charge in [0.1, 0.15) is 17.9 Å². The molecule has 0 radical (unpaired) electrons. The summed E-state index contributed by atoms with van der Waals surface area (Å²) in [6, 6.07) is 0.968. The number of carbonyl (C=O) groups is 2. The van der Waals surface area contributed by atoms with E-state index in [0.717, 1.165) is 12.0 Å². The van der Waals surface area contributed by atoms with Crippen molar-refractivity contribution in [1.82, 2.24) is 20.3 Å². The summed E-state index contributed by atoms with van der Waals surface area (Å²) in [7, 11) is 0. The molecular formula is C27H30F3N5O6S. The van der Waals surface area contributed by atoms with E-state index < -0.39 is 60.5 Å². The maximum absolute atomic E-state index is 15.5. The van der Waals surface area contributed by atoms with Crippen LogP contribution in [0.5, 0.6) is 0 Å². The molecule has 226 valence electrons. The first-order valence-corrected chi connectivity index (χ1v) is 14.1. The highest BCUT2D eigenvalue weighted by Crippen LogP contribution is 2.42. The molecular weight excluding hydrogens is 579 g/mol. The van der Waals surface area contributed by atoms with Crippen LogP contribution >= 0.6 is 11.3 Å². The summed E-state index contributed by atoms with van der Waals surface area (Å²) in [5, 5.41) is 25.7. The normalized spacial score (nSPS) is 25.5. The van der Waals surface area contributed by atoms with Gasteiger partial charge in [0.25, 0.3) is 5.92 Å². The number of β-amino-alcohol motifs (C(OH)–C–C–N with tert-alkyl or cyclic N) is 1. The molecule has 0 saturated carbocycles. The van der Waals surface area contributed by atoms with Crippen molar-refractivity contribution in [3.8, 4) is 0 Å². The number of amidine groups is 1. The fraction of sp³-hybridized carbons (Fsp3) is 0.481. The van der Waals surface area contributed by atoms with Gasteiger partial charge in [0.2, 0.25) is 0 Å². The molecule has 0 aliphatic carbocycles. The molecule has 2 fully saturated rings. The van der Waals surface area contributed by atoms with Crippen LogP contribution in [0, 0.1) is 12.7 Å². The molecule has 0 amide bonds. The zero-order valence-electron chi connectivity index (χ0n) is 23.0.